The van der Waals surface area contributed by atoms with Gasteiger partial charge in [-0.15, -0.1) is 0 Å². The maximum Gasteiger partial charge on any atom is 0.326 e. The van der Waals surface area contributed by atoms with E-state index in [1.807, 2.05) is 0 Å². The van der Waals surface area contributed by atoms with E-state index in [1.165, 1.54) is 21.0 Å². The molecule has 0 bridgehead atoms. The van der Waals surface area contributed by atoms with E-state index in [-0.39, 0.29) is 36.1 Å². The van der Waals surface area contributed by atoms with E-state index in [0.717, 1.165) is 4.31 Å². The number of esters is 1. The largest absolute Gasteiger partial charge is 0.468 e. The number of ether oxygens (including phenoxy) is 2. The Bertz CT molecular complexity index is 589. The number of hydrogen-bond acceptors (Lipinski definition) is 7. The van der Waals surface area contributed by atoms with Crippen LogP contribution in [-0.2, 0) is 24.3 Å². The van der Waals surface area contributed by atoms with E-state index in [2.05, 4.69) is 9.89 Å². The molecule has 0 radical (unpaired) electrons. The SMILES string of the molecule is COC(=O)C1COCCN1S(=O)(=O)c1c(C)noc1C. The molecule has 0 aliphatic carbocycles. The summed E-state index contributed by atoms with van der Waals surface area (Å²) in [6.45, 7) is 3.31. The molecule has 112 valence electrons. The fraction of sp³-hybridized carbons (Fsp3) is 0.636. The van der Waals surface area contributed by atoms with Gasteiger partial charge in [0, 0.05) is 6.54 Å². The molecule has 1 aliphatic rings. The smallest absolute Gasteiger partial charge is 0.326 e. The number of nitrogens with zero attached hydrogens (tertiary/aromatic N) is 2. The number of carbonyl (C=O) groups excluding carboxylic acids is 1. The fourth-order valence-corrected chi connectivity index (χ4v) is 4.00. The van der Waals surface area contributed by atoms with Gasteiger partial charge in [0.25, 0.3) is 0 Å². The van der Waals surface area contributed by atoms with Crippen LogP contribution in [0.2, 0.25) is 0 Å². The quantitative estimate of drug-likeness (QED) is 0.716. The van der Waals surface area contributed by atoms with Crippen molar-refractivity contribution in [2.75, 3.05) is 26.9 Å². The highest BCUT2D eigenvalue weighted by molar-refractivity contribution is 7.89. The van der Waals surface area contributed by atoms with Crippen LogP contribution < -0.4 is 0 Å². The van der Waals surface area contributed by atoms with Crippen LogP contribution >= 0.6 is 0 Å². The van der Waals surface area contributed by atoms with Crippen LogP contribution in [0.1, 0.15) is 11.5 Å². The van der Waals surface area contributed by atoms with Gasteiger partial charge in [-0.1, -0.05) is 5.16 Å². The van der Waals surface area contributed by atoms with E-state index in [1.54, 1.807) is 0 Å². The zero-order valence-electron chi connectivity index (χ0n) is 11.5. The van der Waals surface area contributed by atoms with Gasteiger partial charge < -0.3 is 14.0 Å². The van der Waals surface area contributed by atoms with Crippen LogP contribution in [0.3, 0.4) is 0 Å². The molecule has 20 heavy (non-hydrogen) atoms. The number of aromatic nitrogens is 1. The number of carbonyl (C=O) groups is 1. The van der Waals surface area contributed by atoms with Crippen LogP contribution in [0.5, 0.6) is 0 Å². The number of rotatable bonds is 3. The summed E-state index contributed by atoms with van der Waals surface area (Å²) in [4.78, 5) is 11.7. The van der Waals surface area contributed by atoms with Gasteiger partial charge in [-0.2, -0.15) is 4.31 Å². The third-order valence-electron chi connectivity index (χ3n) is 3.09. The molecular weight excluding hydrogens is 288 g/mol. The Morgan fingerprint density at radius 2 is 2.15 bits per heavy atom. The molecule has 1 atom stereocenters. The van der Waals surface area contributed by atoms with Gasteiger partial charge in [0.05, 0.1) is 20.3 Å². The van der Waals surface area contributed by atoms with Crippen LogP contribution in [0.15, 0.2) is 9.42 Å². The van der Waals surface area contributed by atoms with E-state index >= 15 is 0 Å². The highest BCUT2D eigenvalue weighted by atomic mass is 32.2. The molecule has 2 heterocycles. The van der Waals surface area contributed by atoms with Gasteiger partial charge in [-0.25, -0.2) is 8.42 Å². The summed E-state index contributed by atoms with van der Waals surface area (Å²) in [5.74, 6) is -0.461. The molecule has 0 aromatic carbocycles. The zero-order chi connectivity index (χ0) is 14.9. The predicted molar refractivity (Wildman–Crippen MR) is 66.5 cm³/mol. The average molecular weight is 304 g/mol. The monoisotopic (exact) mass is 304 g/mol. The molecule has 1 saturated heterocycles. The first kappa shape index (κ1) is 14.9. The first-order valence-corrected chi connectivity index (χ1v) is 7.44. The van der Waals surface area contributed by atoms with Crippen molar-refractivity contribution in [2.45, 2.75) is 24.8 Å². The molecule has 0 saturated carbocycles. The molecular formula is C11H16N2O6S. The first-order valence-electron chi connectivity index (χ1n) is 6.00. The number of morpholine rings is 1. The fourth-order valence-electron chi connectivity index (χ4n) is 2.16. The summed E-state index contributed by atoms with van der Waals surface area (Å²) in [5, 5.41) is 3.64. The van der Waals surface area contributed by atoms with Gasteiger partial charge in [0.15, 0.2) is 5.76 Å². The topological polar surface area (TPSA) is 98.9 Å². The normalized spacial score (nSPS) is 20.9. The summed E-state index contributed by atoms with van der Waals surface area (Å²) < 4.78 is 41.1. The van der Waals surface area contributed by atoms with Gasteiger partial charge in [0.2, 0.25) is 10.0 Å². The summed E-state index contributed by atoms with van der Waals surface area (Å²) in [6.07, 6.45) is 0. The zero-order valence-corrected chi connectivity index (χ0v) is 12.3. The van der Waals surface area contributed by atoms with Crippen LogP contribution in [0, 0.1) is 13.8 Å². The second-order valence-electron chi connectivity index (χ2n) is 4.38. The van der Waals surface area contributed by atoms with E-state index in [9.17, 15) is 13.2 Å². The van der Waals surface area contributed by atoms with Crippen molar-refractivity contribution >= 4 is 16.0 Å². The molecule has 2 rings (SSSR count). The minimum absolute atomic E-state index is 0.00620. The molecule has 1 aliphatic heterocycles. The summed E-state index contributed by atoms with van der Waals surface area (Å²) in [6, 6.07) is -0.993. The van der Waals surface area contributed by atoms with E-state index < -0.39 is 22.0 Å². The van der Waals surface area contributed by atoms with Gasteiger partial charge in [0.1, 0.15) is 16.6 Å². The predicted octanol–water partition coefficient (Wildman–Crippen LogP) is -0.146. The Morgan fingerprint density at radius 3 is 2.70 bits per heavy atom. The van der Waals surface area contributed by atoms with Crippen LogP contribution in [0.25, 0.3) is 0 Å². The minimum Gasteiger partial charge on any atom is -0.468 e. The second-order valence-corrected chi connectivity index (χ2v) is 6.21. The summed E-state index contributed by atoms with van der Waals surface area (Å²) in [7, 11) is -2.68. The maximum absolute atomic E-state index is 12.7. The summed E-state index contributed by atoms with van der Waals surface area (Å²) >= 11 is 0. The number of aryl methyl sites for hydroxylation is 2. The van der Waals surface area contributed by atoms with Crippen molar-refractivity contribution in [3.8, 4) is 0 Å². The Morgan fingerprint density at radius 1 is 1.45 bits per heavy atom. The highest BCUT2D eigenvalue weighted by Crippen LogP contribution is 2.26. The highest BCUT2D eigenvalue weighted by Gasteiger charge is 2.41. The molecule has 9 heteroatoms. The van der Waals surface area contributed by atoms with Gasteiger partial charge in [-0.05, 0) is 13.8 Å². The Labute approximate surface area is 116 Å². The first-order chi connectivity index (χ1) is 9.39. The van der Waals surface area contributed by atoms with Crippen molar-refractivity contribution in [1.29, 1.82) is 0 Å². The van der Waals surface area contributed by atoms with E-state index in [0.29, 0.717) is 0 Å². The molecule has 0 N–H and O–H groups in total. The lowest BCUT2D eigenvalue weighted by Gasteiger charge is -2.32. The molecule has 8 nitrogen and oxygen atoms in total. The standard InChI is InChI=1S/C11H16N2O6S/c1-7-10(8(2)19-12-7)20(15,16)13-4-5-18-6-9(13)11(14)17-3/h9H,4-6H2,1-3H3. The Hall–Kier alpha value is -1.45. The Balaban J connectivity index is 2.44. The molecule has 1 fully saturated rings. The van der Waals surface area contributed by atoms with Crippen molar-refractivity contribution in [3.05, 3.63) is 11.5 Å². The lowest BCUT2D eigenvalue weighted by atomic mass is 10.3. The second kappa shape index (κ2) is 5.51. The summed E-state index contributed by atoms with van der Waals surface area (Å²) in [5.41, 5.74) is 0.262. The van der Waals surface area contributed by atoms with Crippen LogP contribution in [-0.4, -0.2) is 56.8 Å². The van der Waals surface area contributed by atoms with Crippen LogP contribution in [0.4, 0.5) is 0 Å². The maximum atomic E-state index is 12.7. The van der Waals surface area contributed by atoms with Crippen molar-refractivity contribution in [2.24, 2.45) is 0 Å². The van der Waals surface area contributed by atoms with Crippen molar-refractivity contribution in [1.82, 2.24) is 9.46 Å². The molecule has 1 unspecified atom stereocenters. The third kappa shape index (κ3) is 2.43. The number of sulfonamides is 1. The molecule has 0 spiro atoms. The minimum atomic E-state index is -3.89. The molecule has 1 aromatic heterocycles. The number of methoxy groups -OCH3 is 1. The average Bonchev–Trinajstić information content (AvgIpc) is 2.77. The Kier molecular flexibility index (Phi) is 4.11. The van der Waals surface area contributed by atoms with Crippen molar-refractivity contribution < 1.29 is 27.2 Å². The lowest BCUT2D eigenvalue weighted by molar-refractivity contribution is -0.149. The molecule has 1 aromatic rings. The lowest BCUT2D eigenvalue weighted by Crippen LogP contribution is -2.52. The molecule has 0 amide bonds. The van der Waals surface area contributed by atoms with E-state index in [4.69, 9.17) is 9.26 Å². The van der Waals surface area contributed by atoms with Gasteiger partial charge in [-0.3, -0.25) is 4.79 Å². The van der Waals surface area contributed by atoms with Gasteiger partial charge >= 0.3 is 5.97 Å². The number of hydrogen-bond donors (Lipinski definition) is 0. The third-order valence-corrected chi connectivity index (χ3v) is 5.24. The van der Waals surface area contributed by atoms with Crippen molar-refractivity contribution in [3.63, 3.8) is 0 Å².